The molecule has 0 amide bonds. The van der Waals surface area contributed by atoms with Crippen LogP contribution in [0.2, 0.25) is 0 Å². The Balaban J connectivity index is 2.57. The van der Waals surface area contributed by atoms with Gasteiger partial charge in [-0.15, -0.1) is 10.2 Å². The summed E-state index contributed by atoms with van der Waals surface area (Å²) in [7, 11) is 0. The van der Waals surface area contributed by atoms with Gasteiger partial charge in [0, 0.05) is 13.1 Å². The van der Waals surface area contributed by atoms with Crippen LogP contribution in [0.15, 0.2) is 3.92 Å². The summed E-state index contributed by atoms with van der Waals surface area (Å²) in [6.45, 7) is 3.86. The molecule has 14 heavy (non-hydrogen) atoms. The van der Waals surface area contributed by atoms with Crippen molar-refractivity contribution >= 4 is 32.4 Å². The molecule has 4 nitrogen and oxygen atoms in total. The third kappa shape index (κ3) is 3.51. The van der Waals surface area contributed by atoms with E-state index < -0.39 is 0 Å². The lowest BCUT2D eigenvalue weighted by molar-refractivity contribution is 0.301. The smallest absolute Gasteiger partial charge is 0.209 e. The maximum absolute atomic E-state index is 8.91. The molecule has 0 aliphatic carbocycles. The lowest BCUT2D eigenvalue weighted by Gasteiger charge is -2.19. The zero-order valence-electron chi connectivity index (χ0n) is 8.11. The summed E-state index contributed by atoms with van der Waals surface area (Å²) in [5.41, 5.74) is 0. The van der Waals surface area contributed by atoms with Crippen molar-refractivity contribution in [1.82, 2.24) is 10.2 Å². The number of hydrogen-bond acceptors (Lipinski definition) is 5. The number of aliphatic hydroxyl groups is 1. The number of halogens is 1. The zero-order valence-corrected chi connectivity index (χ0v) is 10.5. The quantitative estimate of drug-likeness (QED) is 0.864. The molecule has 6 heteroatoms. The van der Waals surface area contributed by atoms with Crippen LogP contribution in [0, 0.1) is 0 Å². The molecule has 1 N–H and O–H groups in total. The molecule has 0 aliphatic heterocycles. The second-order valence-electron chi connectivity index (χ2n) is 2.90. The van der Waals surface area contributed by atoms with Gasteiger partial charge < -0.3 is 10.0 Å². The molecule has 1 aromatic heterocycles. The number of aromatic nitrogens is 2. The summed E-state index contributed by atoms with van der Waals surface area (Å²) in [5, 5.41) is 17.7. The highest BCUT2D eigenvalue weighted by Crippen LogP contribution is 2.24. The predicted molar refractivity (Wildman–Crippen MR) is 61.8 cm³/mol. The molecule has 0 atom stereocenters. The van der Waals surface area contributed by atoms with E-state index in [1.165, 1.54) is 11.3 Å². The van der Waals surface area contributed by atoms with E-state index in [0.29, 0.717) is 6.54 Å². The van der Waals surface area contributed by atoms with Gasteiger partial charge in [-0.05, 0) is 22.4 Å². The average molecular weight is 280 g/mol. The number of unbranched alkanes of at least 4 members (excludes halogenated alkanes) is 1. The van der Waals surface area contributed by atoms with Crippen LogP contribution >= 0.6 is 27.3 Å². The molecule has 0 fully saturated rings. The van der Waals surface area contributed by atoms with Gasteiger partial charge in [-0.2, -0.15) is 0 Å². The van der Waals surface area contributed by atoms with Gasteiger partial charge in [-0.1, -0.05) is 24.7 Å². The molecule has 0 saturated carbocycles. The van der Waals surface area contributed by atoms with E-state index in [1.54, 1.807) is 0 Å². The molecule has 80 valence electrons. The fourth-order valence-corrected chi connectivity index (χ4v) is 2.24. The van der Waals surface area contributed by atoms with Crippen LogP contribution in [-0.2, 0) is 0 Å². The highest BCUT2D eigenvalue weighted by molar-refractivity contribution is 9.11. The second-order valence-corrected chi connectivity index (χ2v) is 5.13. The normalized spacial score (nSPS) is 10.5. The predicted octanol–water partition coefficient (Wildman–Crippen LogP) is 1.90. The lowest BCUT2D eigenvalue weighted by atomic mass is 10.3. The molecule has 0 aliphatic rings. The third-order valence-corrected chi connectivity index (χ3v) is 3.23. The minimum absolute atomic E-state index is 0.154. The summed E-state index contributed by atoms with van der Waals surface area (Å²) in [5.74, 6) is 0. The number of rotatable bonds is 6. The first-order chi connectivity index (χ1) is 6.77. The second kappa shape index (κ2) is 6.31. The first-order valence-electron chi connectivity index (χ1n) is 4.62. The Kier molecular flexibility index (Phi) is 5.36. The van der Waals surface area contributed by atoms with Gasteiger partial charge in [-0.25, -0.2) is 0 Å². The molecule has 1 heterocycles. The molecular formula is C8H14BrN3OS. The van der Waals surface area contributed by atoms with Crippen LogP contribution in [0.25, 0.3) is 0 Å². The summed E-state index contributed by atoms with van der Waals surface area (Å²) < 4.78 is 0.784. The van der Waals surface area contributed by atoms with E-state index in [-0.39, 0.29) is 6.61 Å². The van der Waals surface area contributed by atoms with Crippen LogP contribution in [0.5, 0.6) is 0 Å². The standard InChI is InChI=1S/C8H14BrN3OS/c1-2-3-4-12(5-6-13)8-11-10-7(9)14-8/h13H,2-6H2,1H3. The zero-order chi connectivity index (χ0) is 10.4. The summed E-state index contributed by atoms with van der Waals surface area (Å²) >= 11 is 4.77. The molecule has 1 rings (SSSR count). The number of aliphatic hydroxyl groups excluding tert-OH is 1. The van der Waals surface area contributed by atoms with E-state index in [2.05, 4.69) is 38.0 Å². The molecule has 0 saturated heterocycles. The maximum Gasteiger partial charge on any atom is 0.209 e. The van der Waals surface area contributed by atoms with E-state index in [4.69, 9.17) is 5.11 Å². The van der Waals surface area contributed by atoms with Crippen LogP contribution in [0.4, 0.5) is 5.13 Å². The van der Waals surface area contributed by atoms with Crippen molar-refractivity contribution in [2.24, 2.45) is 0 Å². The Morgan fingerprint density at radius 1 is 1.43 bits per heavy atom. The largest absolute Gasteiger partial charge is 0.395 e. The SMILES string of the molecule is CCCCN(CCO)c1nnc(Br)s1. The Labute approximate surface area is 96.1 Å². The Bertz CT molecular complexity index is 269. The monoisotopic (exact) mass is 279 g/mol. The van der Waals surface area contributed by atoms with Crippen molar-refractivity contribution in [1.29, 1.82) is 0 Å². The fourth-order valence-electron chi connectivity index (χ4n) is 1.10. The van der Waals surface area contributed by atoms with Gasteiger partial charge in [0.15, 0.2) is 3.92 Å². The van der Waals surface area contributed by atoms with Crippen molar-refractivity contribution in [3.05, 3.63) is 3.92 Å². The van der Waals surface area contributed by atoms with Crippen LogP contribution in [-0.4, -0.2) is 35.0 Å². The summed E-state index contributed by atoms with van der Waals surface area (Å²) in [6, 6.07) is 0. The minimum atomic E-state index is 0.154. The van der Waals surface area contributed by atoms with Gasteiger partial charge in [0.1, 0.15) is 0 Å². The van der Waals surface area contributed by atoms with Crippen molar-refractivity contribution in [2.75, 3.05) is 24.6 Å². The van der Waals surface area contributed by atoms with Gasteiger partial charge in [-0.3, -0.25) is 0 Å². The molecule has 1 aromatic rings. The first kappa shape index (κ1) is 11.9. The third-order valence-electron chi connectivity index (χ3n) is 1.81. The van der Waals surface area contributed by atoms with Crippen molar-refractivity contribution in [2.45, 2.75) is 19.8 Å². The molecule has 0 spiro atoms. The summed E-state index contributed by atoms with van der Waals surface area (Å²) in [4.78, 5) is 2.06. The highest BCUT2D eigenvalue weighted by atomic mass is 79.9. The Morgan fingerprint density at radius 3 is 2.71 bits per heavy atom. The van der Waals surface area contributed by atoms with Gasteiger partial charge >= 0.3 is 0 Å². The summed E-state index contributed by atoms with van der Waals surface area (Å²) in [6.07, 6.45) is 2.25. The molecule has 0 aromatic carbocycles. The van der Waals surface area contributed by atoms with E-state index >= 15 is 0 Å². The van der Waals surface area contributed by atoms with Crippen molar-refractivity contribution in [3.63, 3.8) is 0 Å². The number of hydrogen-bond donors (Lipinski definition) is 1. The minimum Gasteiger partial charge on any atom is -0.395 e. The van der Waals surface area contributed by atoms with Crippen molar-refractivity contribution in [3.8, 4) is 0 Å². The molecule has 0 radical (unpaired) electrons. The molecule has 0 unspecified atom stereocenters. The number of nitrogens with zero attached hydrogens (tertiary/aromatic N) is 3. The number of anilines is 1. The van der Waals surface area contributed by atoms with Gasteiger partial charge in [0.2, 0.25) is 5.13 Å². The first-order valence-corrected chi connectivity index (χ1v) is 6.23. The van der Waals surface area contributed by atoms with Crippen molar-refractivity contribution < 1.29 is 5.11 Å². The van der Waals surface area contributed by atoms with E-state index in [9.17, 15) is 0 Å². The highest BCUT2D eigenvalue weighted by Gasteiger charge is 2.10. The maximum atomic E-state index is 8.91. The topological polar surface area (TPSA) is 49.2 Å². The molecule has 0 bridgehead atoms. The van der Waals surface area contributed by atoms with E-state index in [1.807, 2.05) is 0 Å². The fraction of sp³-hybridized carbons (Fsp3) is 0.750. The van der Waals surface area contributed by atoms with Gasteiger partial charge in [0.25, 0.3) is 0 Å². The van der Waals surface area contributed by atoms with Crippen LogP contribution in [0.1, 0.15) is 19.8 Å². The van der Waals surface area contributed by atoms with E-state index in [0.717, 1.165) is 28.4 Å². The Morgan fingerprint density at radius 2 is 2.21 bits per heavy atom. The van der Waals surface area contributed by atoms with Gasteiger partial charge in [0.05, 0.1) is 6.61 Å². The van der Waals surface area contributed by atoms with Crippen LogP contribution < -0.4 is 4.90 Å². The van der Waals surface area contributed by atoms with Crippen LogP contribution in [0.3, 0.4) is 0 Å². The lowest BCUT2D eigenvalue weighted by Crippen LogP contribution is -2.27. The Hall–Kier alpha value is -0.200. The average Bonchev–Trinajstić information content (AvgIpc) is 2.59. The molecular weight excluding hydrogens is 266 g/mol.